The quantitative estimate of drug-likeness (QED) is 0.421. The summed E-state index contributed by atoms with van der Waals surface area (Å²) in [6.45, 7) is 7.67. The second kappa shape index (κ2) is 11.2. The van der Waals surface area contributed by atoms with E-state index in [0.29, 0.717) is 26.0 Å². The Morgan fingerprint density at radius 2 is 1.42 bits per heavy atom. The maximum Gasteiger partial charge on any atom is 0.416 e. The van der Waals surface area contributed by atoms with Crippen molar-refractivity contribution < 1.29 is 18.8 Å². The molecule has 0 aromatic heterocycles. The second-order valence-corrected chi connectivity index (χ2v) is 14.7. The Kier molecular flexibility index (Phi) is 8.06. The highest BCUT2D eigenvalue weighted by molar-refractivity contribution is 6.99. The van der Waals surface area contributed by atoms with E-state index in [2.05, 4.69) is 69.3 Å². The van der Waals surface area contributed by atoms with Crippen LogP contribution in [0.4, 0.5) is 4.79 Å². The molecule has 1 atom stereocenters. The van der Waals surface area contributed by atoms with Crippen LogP contribution in [0.5, 0.6) is 0 Å². The third-order valence-electron chi connectivity index (χ3n) is 6.89. The van der Waals surface area contributed by atoms with Crippen molar-refractivity contribution in [2.24, 2.45) is 5.92 Å². The van der Waals surface area contributed by atoms with Crippen LogP contribution in [0.2, 0.25) is 5.04 Å². The number of carbonyl (C=O) groups excluding carboxylic acids is 2. The maximum absolute atomic E-state index is 12.8. The lowest BCUT2D eigenvalue weighted by Gasteiger charge is -2.44. The number of imide groups is 1. The highest BCUT2D eigenvalue weighted by Crippen LogP contribution is 2.37. The summed E-state index contributed by atoms with van der Waals surface area (Å²) in [5.41, 5.74) is 0.891. The van der Waals surface area contributed by atoms with E-state index in [1.807, 2.05) is 42.5 Å². The van der Waals surface area contributed by atoms with Crippen molar-refractivity contribution in [1.82, 2.24) is 4.90 Å². The largest absolute Gasteiger partial charge is 0.444 e. The molecule has 36 heavy (non-hydrogen) atoms. The van der Waals surface area contributed by atoms with Crippen molar-refractivity contribution in [3.63, 3.8) is 0 Å². The van der Waals surface area contributed by atoms with E-state index in [0.717, 1.165) is 5.56 Å². The summed E-state index contributed by atoms with van der Waals surface area (Å²) in [6.07, 6.45) is 0.424. The minimum absolute atomic E-state index is 0.0497. The van der Waals surface area contributed by atoms with Crippen LogP contribution in [0.1, 0.15) is 39.2 Å². The summed E-state index contributed by atoms with van der Waals surface area (Å²) < 4.78 is 12.5. The fourth-order valence-electron chi connectivity index (χ4n) is 5.03. The third kappa shape index (κ3) is 5.60. The smallest absolute Gasteiger partial charge is 0.416 e. The summed E-state index contributed by atoms with van der Waals surface area (Å²) in [4.78, 5) is 26.6. The SMILES string of the molecule is CC(C)(C)[Si](OC[C@H]1CCC(=O)N(C(=O)OCc2ccccc2)C1)(c1ccccc1)c1ccccc1. The van der Waals surface area contributed by atoms with E-state index >= 15 is 0 Å². The molecular formula is C30H35NO4Si. The number of likely N-dealkylation sites (tertiary alicyclic amines) is 1. The second-order valence-electron chi connectivity index (χ2n) is 10.4. The van der Waals surface area contributed by atoms with Gasteiger partial charge in [0.15, 0.2) is 0 Å². The number of amides is 2. The Labute approximate surface area is 215 Å². The van der Waals surface area contributed by atoms with Crippen LogP contribution in [0.25, 0.3) is 0 Å². The maximum atomic E-state index is 12.8. The van der Waals surface area contributed by atoms with Crippen LogP contribution in [-0.2, 0) is 20.6 Å². The van der Waals surface area contributed by atoms with E-state index < -0.39 is 14.4 Å². The molecule has 2 amide bonds. The molecule has 1 saturated heterocycles. The topological polar surface area (TPSA) is 55.8 Å². The molecule has 1 heterocycles. The zero-order valence-corrected chi connectivity index (χ0v) is 22.4. The van der Waals surface area contributed by atoms with E-state index in [4.69, 9.17) is 9.16 Å². The molecule has 5 nitrogen and oxygen atoms in total. The van der Waals surface area contributed by atoms with Gasteiger partial charge in [0.1, 0.15) is 6.61 Å². The van der Waals surface area contributed by atoms with Crippen LogP contribution in [0.15, 0.2) is 91.0 Å². The van der Waals surface area contributed by atoms with Crippen molar-refractivity contribution >= 4 is 30.7 Å². The van der Waals surface area contributed by atoms with E-state index in [-0.39, 0.29) is 23.5 Å². The molecule has 1 aliphatic rings. The minimum Gasteiger partial charge on any atom is -0.444 e. The molecule has 1 fully saturated rings. The zero-order chi connectivity index (χ0) is 25.6. The monoisotopic (exact) mass is 501 g/mol. The minimum atomic E-state index is -2.68. The molecule has 188 valence electrons. The highest BCUT2D eigenvalue weighted by Gasteiger charge is 2.50. The summed E-state index contributed by atoms with van der Waals surface area (Å²) in [7, 11) is -2.68. The first-order valence-corrected chi connectivity index (χ1v) is 14.5. The number of nitrogens with zero attached hydrogens (tertiary/aromatic N) is 1. The normalized spacial score (nSPS) is 16.6. The number of carbonyl (C=O) groups is 2. The molecule has 4 rings (SSSR count). The average Bonchev–Trinajstić information content (AvgIpc) is 2.89. The number of benzene rings is 3. The van der Waals surface area contributed by atoms with Crippen molar-refractivity contribution in [2.75, 3.05) is 13.2 Å². The van der Waals surface area contributed by atoms with Gasteiger partial charge in [-0.2, -0.15) is 0 Å². The van der Waals surface area contributed by atoms with E-state index in [9.17, 15) is 9.59 Å². The Hall–Kier alpha value is -3.22. The lowest BCUT2D eigenvalue weighted by molar-refractivity contribution is -0.133. The van der Waals surface area contributed by atoms with Gasteiger partial charge in [0, 0.05) is 19.6 Å². The Morgan fingerprint density at radius 3 is 1.94 bits per heavy atom. The van der Waals surface area contributed by atoms with Crippen LogP contribution in [0, 0.1) is 5.92 Å². The molecule has 0 aliphatic carbocycles. The summed E-state index contributed by atoms with van der Waals surface area (Å²) in [5.74, 6) is -0.136. The average molecular weight is 502 g/mol. The Bertz CT molecular complexity index is 1110. The summed E-state index contributed by atoms with van der Waals surface area (Å²) >= 11 is 0. The Morgan fingerprint density at radius 1 is 0.889 bits per heavy atom. The fourth-order valence-corrected chi connectivity index (χ4v) is 9.67. The first-order chi connectivity index (χ1) is 17.3. The van der Waals surface area contributed by atoms with Gasteiger partial charge in [-0.25, -0.2) is 9.69 Å². The van der Waals surface area contributed by atoms with Gasteiger partial charge in [-0.1, -0.05) is 112 Å². The van der Waals surface area contributed by atoms with Gasteiger partial charge in [0.05, 0.1) is 0 Å². The van der Waals surface area contributed by atoms with Gasteiger partial charge < -0.3 is 9.16 Å². The molecule has 0 N–H and O–H groups in total. The lowest BCUT2D eigenvalue weighted by atomic mass is 9.99. The number of ether oxygens (including phenoxy) is 1. The summed E-state index contributed by atoms with van der Waals surface area (Å²) in [6, 6.07) is 30.5. The molecule has 3 aromatic rings. The van der Waals surface area contributed by atoms with Gasteiger partial charge in [-0.15, -0.1) is 0 Å². The van der Waals surface area contributed by atoms with Gasteiger partial charge in [0.25, 0.3) is 8.32 Å². The van der Waals surface area contributed by atoms with Crippen LogP contribution >= 0.6 is 0 Å². The number of hydrogen-bond donors (Lipinski definition) is 0. The molecule has 0 bridgehead atoms. The highest BCUT2D eigenvalue weighted by atomic mass is 28.4. The molecule has 0 spiro atoms. The van der Waals surface area contributed by atoms with Crippen LogP contribution in [0.3, 0.4) is 0 Å². The van der Waals surface area contributed by atoms with Gasteiger partial charge in [-0.3, -0.25) is 4.79 Å². The van der Waals surface area contributed by atoms with E-state index in [1.54, 1.807) is 0 Å². The third-order valence-corrected chi connectivity index (χ3v) is 11.9. The van der Waals surface area contributed by atoms with Crippen molar-refractivity contribution in [3.8, 4) is 0 Å². The van der Waals surface area contributed by atoms with E-state index in [1.165, 1.54) is 15.3 Å². The molecule has 0 unspecified atom stereocenters. The molecule has 0 saturated carbocycles. The van der Waals surface area contributed by atoms with Crippen molar-refractivity contribution in [1.29, 1.82) is 0 Å². The fraction of sp³-hybridized carbons (Fsp3) is 0.333. The number of rotatable bonds is 7. The van der Waals surface area contributed by atoms with Gasteiger partial charge in [-0.05, 0) is 33.3 Å². The Balaban J connectivity index is 1.52. The van der Waals surface area contributed by atoms with Crippen LogP contribution < -0.4 is 10.4 Å². The van der Waals surface area contributed by atoms with Gasteiger partial charge in [0.2, 0.25) is 5.91 Å². The summed E-state index contributed by atoms with van der Waals surface area (Å²) in [5, 5.41) is 2.30. The predicted molar refractivity (Wildman–Crippen MR) is 145 cm³/mol. The number of piperidine rings is 1. The number of hydrogen-bond acceptors (Lipinski definition) is 4. The molecule has 0 radical (unpaired) electrons. The van der Waals surface area contributed by atoms with Crippen LogP contribution in [-0.4, -0.2) is 38.4 Å². The molecule has 1 aliphatic heterocycles. The molecule has 6 heteroatoms. The first kappa shape index (κ1) is 25.9. The molecular weight excluding hydrogens is 466 g/mol. The lowest BCUT2D eigenvalue weighted by Crippen LogP contribution is -2.67. The zero-order valence-electron chi connectivity index (χ0n) is 21.4. The van der Waals surface area contributed by atoms with Crippen molar-refractivity contribution in [2.45, 2.75) is 45.3 Å². The first-order valence-electron chi connectivity index (χ1n) is 12.6. The predicted octanol–water partition coefficient (Wildman–Crippen LogP) is 5.14. The van der Waals surface area contributed by atoms with Crippen molar-refractivity contribution in [3.05, 3.63) is 96.6 Å². The molecule has 3 aromatic carbocycles. The standard InChI is InChI=1S/C30H35NO4Si/c1-30(2,3)36(26-15-9-5-10-16-26,27-17-11-6-12-18-27)35-23-25-19-20-28(32)31(21-25)29(33)34-22-24-13-7-4-8-14-24/h4-18,25H,19-23H2,1-3H3/t25-/m0/s1. The van der Waals surface area contributed by atoms with Gasteiger partial charge >= 0.3 is 6.09 Å².